The van der Waals surface area contributed by atoms with Crippen molar-refractivity contribution in [2.75, 3.05) is 11.5 Å². The molecular formula is C12H23N3O2S. The van der Waals surface area contributed by atoms with Gasteiger partial charge in [0.05, 0.1) is 17.1 Å². The Morgan fingerprint density at radius 2 is 2.11 bits per heavy atom. The summed E-state index contributed by atoms with van der Waals surface area (Å²) in [6.07, 6.45) is 1.27. The molecule has 1 unspecified atom stereocenters. The molecule has 0 aromatic carbocycles. The van der Waals surface area contributed by atoms with Gasteiger partial charge in [-0.3, -0.25) is 4.68 Å². The zero-order valence-corrected chi connectivity index (χ0v) is 12.2. The minimum atomic E-state index is -2.89. The van der Waals surface area contributed by atoms with E-state index in [0.717, 1.165) is 17.9 Å². The van der Waals surface area contributed by atoms with Crippen LogP contribution in [-0.2, 0) is 16.4 Å². The molecule has 2 N–H and O–H groups in total. The second-order valence-electron chi connectivity index (χ2n) is 4.51. The largest absolute Gasteiger partial charge is 0.323 e. The van der Waals surface area contributed by atoms with Crippen molar-refractivity contribution < 1.29 is 8.42 Å². The van der Waals surface area contributed by atoms with Crippen LogP contribution in [-0.4, -0.2) is 29.7 Å². The van der Waals surface area contributed by atoms with Gasteiger partial charge in [-0.15, -0.1) is 0 Å². The van der Waals surface area contributed by atoms with Crippen LogP contribution in [0.1, 0.15) is 44.1 Å². The first-order valence-electron chi connectivity index (χ1n) is 6.40. The summed E-state index contributed by atoms with van der Waals surface area (Å²) in [6, 6.07) is 1.83. The van der Waals surface area contributed by atoms with Crippen LogP contribution in [0.4, 0.5) is 0 Å². The predicted octanol–water partition coefficient (Wildman–Crippen LogP) is 1.43. The van der Waals surface area contributed by atoms with E-state index in [-0.39, 0.29) is 17.5 Å². The van der Waals surface area contributed by atoms with E-state index in [1.165, 1.54) is 0 Å². The fourth-order valence-electron chi connectivity index (χ4n) is 1.93. The number of aromatic nitrogens is 2. The molecule has 104 valence electrons. The molecule has 1 aromatic rings. The molecule has 1 atom stereocenters. The highest BCUT2D eigenvalue weighted by atomic mass is 32.2. The third-order valence-electron chi connectivity index (χ3n) is 3.02. The average molecular weight is 273 g/mol. The van der Waals surface area contributed by atoms with E-state index in [2.05, 4.69) is 5.10 Å². The van der Waals surface area contributed by atoms with Crippen molar-refractivity contribution in [2.24, 2.45) is 5.73 Å². The van der Waals surface area contributed by atoms with Crippen molar-refractivity contribution in [3.05, 3.63) is 17.5 Å². The molecule has 0 spiro atoms. The fourth-order valence-corrected chi connectivity index (χ4v) is 2.83. The highest BCUT2D eigenvalue weighted by Crippen LogP contribution is 2.17. The van der Waals surface area contributed by atoms with Crippen molar-refractivity contribution >= 4 is 9.84 Å². The van der Waals surface area contributed by atoms with Crippen molar-refractivity contribution in [1.29, 1.82) is 0 Å². The lowest BCUT2D eigenvalue weighted by atomic mass is 10.1. The molecule has 0 saturated heterocycles. The molecular weight excluding hydrogens is 250 g/mol. The van der Waals surface area contributed by atoms with Crippen LogP contribution in [0, 0.1) is 6.92 Å². The van der Waals surface area contributed by atoms with E-state index >= 15 is 0 Å². The second-order valence-corrected chi connectivity index (χ2v) is 6.98. The lowest BCUT2D eigenvalue weighted by Gasteiger charge is -2.13. The summed E-state index contributed by atoms with van der Waals surface area (Å²) >= 11 is 0. The molecule has 18 heavy (non-hydrogen) atoms. The van der Waals surface area contributed by atoms with Crippen LogP contribution in [0.3, 0.4) is 0 Å². The Morgan fingerprint density at radius 1 is 1.44 bits per heavy atom. The Balaban J connectivity index is 2.57. The van der Waals surface area contributed by atoms with Gasteiger partial charge in [0, 0.05) is 18.3 Å². The summed E-state index contributed by atoms with van der Waals surface area (Å²) in [5.41, 5.74) is 8.04. The number of hydrogen-bond acceptors (Lipinski definition) is 4. The summed E-state index contributed by atoms with van der Waals surface area (Å²) < 4.78 is 24.7. The van der Waals surface area contributed by atoms with Crippen LogP contribution in [0.25, 0.3) is 0 Å². The lowest BCUT2D eigenvalue weighted by Crippen LogP contribution is -2.17. The van der Waals surface area contributed by atoms with E-state index < -0.39 is 9.84 Å². The number of nitrogens with zero attached hydrogens (tertiary/aromatic N) is 2. The normalized spacial score (nSPS) is 13.8. The summed E-state index contributed by atoms with van der Waals surface area (Å²) in [4.78, 5) is 0. The fraction of sp³-hybridized carbons (Fsp3) is 0.750. The number of hydrogen-bond donors (Lipinski definition) is 1. The Labute approximate surface area is 109 Å². The molecule has 0 bridgehead atoms. The minimum Gasteiger partial charge on any atom is -0.323 e. The summed E-state index contributed by atoms with van der Waals surface area (Å²) in [6.45, 7) is 6.41. The molecule has 1 heterocycles. The molecule has 0 aliphatic carbocycles. The third kappa shape index (κ3) is 4.10. The molecule has 1 aromatic heterocycles. The Morgan fingerprint density at radius 3 is 2.67 bits per heavy atom. The van der Waals surface area contributed by atoms with Gasteiger partial charge in [0.25, 0.3) is 0 Å². The SMILES string of the molecule is CCn1nc(C)cc1C(N)CCCS(=O)(=O)CC. The van der Waals surface area contributed by atoms with E-state index in [1.54, 1.807) is 6.92 Å². The first-order valence-corrected chi connectivity index (χ1v) is 8.22. The van der Waals surface area contributed by atoms with E-state index in [9.17, 15) is 8.42 Å². The van der Waals surface area contributed by atoms with Crippen molar-refractivity contribution in [2.45, 2.75) is 46.2 Å². The van der Waals surface area contributed by atoms with Crippen molar-refractivity contribution in [1.82, 2.24) is 9.78 Å². The Hall–Kier alpha value is -0.880. The topological polar surface area (TPSA) is 78.0 Å². The van der Waals surface area contributed by atoms with Crippen LogP contribution in [0.2, 0.25) is 0 Å². The molecule has 0 fully saturated rings. The number of sulfone groups is 1. The number of aryl methyl sites for hydroxylation is 2. The van der Waals surface area contributed by atoms with Gasteiger partial charge in [-0.1, -0.05) is 6.92 Å². The molecule has 6 heteroatoms. The van der Waals surface area contributed by atoms with Crippen LogP contribution in [0.5, 0.6) is 0 Å². The Bertz CT molecular complexity index is 480. The van der Waals surface area contributed by atoms with Crippen LogP contribution < -0.4 is 5.73 Å². The Kier molecular flexibility index (Phi) is 5.34. The maximum atomic E-state index is 11.4. The van der Waals surface area contributed by atoms with E-state index in [0.29, 0.717) is 12.8 Å². The molecule has 0 aliphatic heterocycles. The van der Waals surface area contributed by atoms with Crippen LogP contribution in [0.15, 0.2) is 6.07 Å². The maximum absolute atomic E-state index is 11.4. The van der Waals surface area contributed by atoms with Crippen molar-refractivity contribution in [3.8, 4) is 0 Å². The van der Waals surface area contributed by atoms with E-state index in [1.807, 2.05) is 24.6 Å². The third-order valence-corrected chi connectivity index (χ3v) is 4.81. The van der Waals surface area contributed by atoms with Gasteiger partial charge in [0.15, 0.2) is 0 Å². The molecule has 0 saturated carbocycles. The number of rotatable bonds is 7. The van der Waals surface area contributed by atoms with Gasteiger partial charge < -0.3 is 5.73 Å². The zero-order valence-electron chi connectivity index (χ0n) is 11.4. The lowest BCUT2D eigenvalue weighted by molar-refractivity contribution is 0.537. The quantitative estimate of drug-likeness (QED) is 0.815. The van der Waals surface area contributed by atoms with Crippen molar-refractivity contribution in [3.63, 3.8) is 0 Å². The molecule has 1 rings (SSSR count). The zero-order chi connectivity index (χ0) is 13.8. The summed E-state index contributed by atoms with van der Waals surface area (Å²) in [7, 11) is -2.89. The monoisotopic (exact) mass is 273 g/mol. The van der Waals surface area contributed by atoms with Gasteiger partial charge in [-0.2, -0.15) is 5.10 Å². The molecule has 0 amide bonds. The first-order chi connectivity index (χ1) is 8.39. The first kappa shape index (κ1) is 15.2. The molecule has 0 radical (unpaired) electrons. The average Bonchev–Trinajstić information content (AvgIpc) is 2.70. The molecule has 0 aliphatic rings. The van der Waals surface area contributed by atoms with Gasteiger partial charge >= 0.3 is 0 Å². The van der Waals surface area contributed by atoms with Gasteiger partial charge in [0.1, 0.15) is 9.84 Å². The number of nitrogens with two attached hydrogens (primary N) is 1. The summed E-state index contributed by atoms with van der Waals surface area (Å²) in [5, 5.41) is 4.34. The smallest absolute Gasteiger partial charge is 0.150 e. The highest BCUT2D eigenvalue weighted by molar-refractivity contribution is 7.91. The minimum absolute atomic E-state index is 0.141. The van der Waals surface area contributed by atoms with Crippen LogP contribution >= 0.6 is 0 Å². The van der Waals surface area contributed by atoms with Gasteiger partial charge in [0.2, 0.25) is 0 Å². The van der Waals surface area contributed by atoms with Gasteiger partial charge in [-0.25, -0.2) is 8.42 Å². The second kappa shape index (κ2) is 6.33. The van der Waals surface area contributed by atoms with Gasteiger partial charge in [-0.05, 0) is 32.8 Å². The highest BCUT2D eigenvalue weighted by Gasteiger charge is 2.14. The van der Waals surface area contributed by atoms with E-state index in [4.69, 9.17) is 5.73 Å². The standard InChI is InChI=1S/C12H23N3O2S/c1-4-15-12(9-10(3)14-15)11(13)7-6-8-18(16,17)5-2/h9,11H,4-8,13H2,1-3H3. The maximum Gasteiger partial charge on any atom is 0.150 e. The predicted molar refractivity (Wildman–Crippen MR) is 73.1 cm³/mol. The molecule has 5 nitrogen and oxygen atoms in total. The summed E-state index contributed by atoms with van der Waals surface area (Å²) in [5.74, 6) is 0.421.